The quantitative estimate of drug-likeness (QED) is 0.211. The number of hydrogen-bond donors (Lipinski definition) is 4. The summed E-state index contributed by atoms with van der Waals surface area (Å²) in [6, 6.07) is -0.129. The van der Waals surface area contributed by atoms with Crippen molar-refractivity contribution in [2.45, 2.75) is 111 Å². The molecule has 0 rings (SSSR count). The molecule has 0 aromatic carbocycles. The van der Waals surface area contributed by atoms with Crippen LogP contribution >= 0.6 is 0 Å². The van der Waals surface area contributed by atoms with E-state index in [-0.39, 0.29) is 99.3 Å². The molecule has 0 fully saturated rings. The van der Waals surface area contributed by atoms with E-state index in [9.17, 15) is 19.2 Å². The summed E-state index contributed by atoms with van der Waals surface area (Å²) in [5.41, 5.74) is 0. The Kier molecular flexibility index (Phi) is 20.2. The first-order valence-corrected chi connectivity index (χ1v) is 11.9. The zero-order chi connectivity index (χ0) is 24.7. The summed E-state index contributed by atoms with van der Waals surface area (Å²) in [4.78, 5) is 47.3. The molecule has 189 valence electrons. The topological polar surface area (TPSA) is 116 Å². The molecular formula is C24H45N4O4Y-. The fourth-order valence-electron chi connectivity index (χ4n) is 3.29. The predicted octanol–water partition coefficient (Wildman–Crippen LogP) is 2.22. The molecule has 1 radical (unpaired) electrons. The van der Waals surface area contributed by atoms with E-state index in [2.05, 4.69) is 21.3 Å². The normalized spacial score (nSPS) is 14.6. The largest absolute Gasteiger partial charge is 0.542 e. The van der Waals surface area contributed by atoms with E-state index >= 15 is 0 Å². The first-order valence-electron chi connectivity index (χ1n) is 11.9. The number of amides is 3. The van der Waals surface area contributed by atoms with Crippen LogP contribution in [0.25, 0.3) is 0 Å². The van der Waals surface area contributed by atoms with Gasteiger partial charge in [-0.2, -0.15) is 0 Å². The average Bonchev–Trinajstić information content (AvgIpc) is 2.71. The third-order valence-electron chi connectivity index (χ3n) is 5.76. The summed E-state index contributed by atoms with van der Waals surface area (Å²) in [5.74, 6) is 0.212. The second kappa shape index (κ2) is 19.5. The van der Waals surface area contributed by atoms with Crippen molar-refractivity contribution in [1.29, 1.82) is 0 Å². The summed E-state index contributed by atoms with van der Waals surface area (Å²) in [5, 5.41) is 12.0. The van der Waals surface area contributed by atoms with Crippen LogP contribution in [0.1, 0.15) is 86.5 Å². The van der Waals surface area contributed by atoms with E-state index in [0.717, 1.165) is 6.42 Å². The summed E-state index contributed by atoms with van der Waals surface area (Å²) >= 11 is 0. The number of carbonyl (C=O) groups excluding carboxylic acids is 4. The van der Waals surface area contributed by atoms with E-state index < -0.39 is 0 Å². The molecule has 0 aliphatic rings. The summed E-state index contributed by atoms with van der Waals surface area (Å²) < 4.78 is 0. The number of carbonyl (C=O) groups is 3. The Bertz CT molecular complexity index is 587. The van der Waals surface area contributed by atoms with Crippen molar-refractivity contribution in [2.24, 2.45) is 11.8 Å². The van der Waals surface area contributed by atoms with Crippen LogP contribution < -0.4 is 21.3 Å². The summed E-state index contributed by atoms with van der Waals surface area (Å²) in [7, 11) is 1.88. The fraction of sp³-hybridized carbons (Fsp3) is 0.833. The molecule has 0 unspecified atom stereocenters. The third-order valence-corrected chi connectivity index (χ3v) is 5.76. The molecule has 0 saturated carbocycles. The maximum atomic E-state index is 12.6. The first-order chi connectivity index (χ1) is 15.0. The monoisotopic (exact) mass is 542 g/mol. The van der Waals surface area contributed by atoms with Crippen LogP contribution in [0, 0.1) is 11.8 Å². The first kappa shape index (κ1) is 34.3. The van der Waals surface area contributed by atoms with Gasteiger partial charge in [0.2, 0.25) is 17.7 Å². The van der Waals surface area contributed by atoms with Gasteiger partial charge in [0.15, 0.2) is 0 Å². The number of nitrogens with one attached hydrogen (secondary N) is 4. The van der Waals surface area contributed by atoms with Gasteiger partial charge in [-0.15, -0.1) is 6.42 Å². The van der Waals surface area contributed by atoms with Gasteiger partial charge in [-0.3, -0.25) is 20.7 Å². The Labute approximate surface area is 225 Å². The van der Waals surface area contributed by atoms with E-state index in [1.807, 2.05) is 41.7 Å². The average molecular weight is 543 g/mol. The van der Waals surface area contributed by atoms with E-state index in [4.69, 9.17) is 0 Å². The molecule has 33 heavy (non-hydrogen) atoms. The van der Waals surface area contributed by atoms with Gasteiger partial charge in [0.05, 0.1) is 0 Å². The predicted molar refractivity (Wildman–Crippen MR) is 128 cm³/mol. The molecule has 0 spiro atoms. The van der Waals surface area contributed by atoms with Crippen LogP contribution in [0.2, 0.25) is 0 Å². The van der Waals surface area contributed by atoms with Crippen molar-refractivity contribution in [3.8, 4) is 0 Å². The number of hydrogen-bond acceptors (Lipinski definition) is 5. The zero-order valence-electron chi connectivity index (χ0n) is 21.6. The van der Waals surface area contributed by atoms with Gasteiger partial charge >= 0.3 is 0 Å². The van der Waals surface area contributed by atoms with Gasteiger partial charge in [-0.1, -0.05) is 27.7 Å². The minimum Gasteiger partial charge on any atom is -0.542 e. The maximum Gasteiger partial charge on any atom is 0.220 e. The van der Waals surface area contributed by atoms with Gasteiger partial charge in [0.1, 0.15) is 0 Å². The van der Waals surface area contributed by atoms with Gasteiger partial charge in [0.25, 0.3) is 0 Å². The molecule has 8 nitrogen and oxygen atoms in total. The molecule has 4 atom stereocenters. The van der Waals surface area contributed by atoms with Crippen molar-refractivity contribution < 1.29 is 51.9 Å². The molecule has 0 heterocycles. The van der Waals surface area contributed by atoms with Crippen LogP contribution in [0.15, 0.2) is 0 Å². The Balaban J connectivity index is 0. The van der Waals surface area contributed by atoms with Crippen LogP contribution in [0.3, 0.4) is 0 Å². The van der Waals surface area contributed by atoms with E-state index in [1.165, 1.54) is 0 Å². The van der Waals surface area contributed by atoms with Crippen molar-refractivity contribution in [1.82, 2.24) is 21.3 Å². The molecule has 4 N–H and O–H groups in total. The van der Waals surface area contributed by atoms with Crippen molar-refractivity contribution in [2.75, 3.05) is 7.05 Å². The van der Waals surface area contributed by atoms with Gasteiger partial charge in [0, 0.05) is 76.1 Å². The van der Waals surface area contributed by atoms with Crippen LogP contribution in [-0.2, 0) is 51.9 Å². The fourth-order valence-corrected chi connectivity index (χ4v) is 3.29. The Morgan fingerprint density at radius 3 is 1.42 bits per heavy atom. The zero-order valence-corrected chi connectivity index (χ0v) is 24.5. The standard InChI is InChI=1S/C24H45N4O4.Y/c1-16(2)20(9-12-22(30)26-19(6)14-15-29)28-24(32)13-10-21(17(3)4)27-23(31)11-8-18(5)25-7;/h16-21,25H,8-14H2,1-7H3,(H,26,30)(H,27,31)(H,28,32);/q-1;/t18-,19-,20+,21+;/m0./s1. The van der Waals surface area contributed by atoms with Crippen molar-refractivity contribution in [3.63, 3.8) is 0 Å². The Morgan fingerprint density at radius 1 is 0.667 bits per heavy atom. The van der Waals surface area contributed by atoms with E-state index in [0.29, 0.717) is 25.7 Å². The summed E-state index contributed by atoms with van der Waals surface area (Å²) in [6.45, 7) is 11.9. The van der Waals surface area contributed by atoms with Crippen LogP contribution in [-0.4, -0.2) is 55.2 Å². The van der Waals surface area contributed by atoms with Crippen LogP contribution in [0.5, 0.6) is 0 Å². The van der Waals surface area contributed by atoms with Crippen molar-refractivity contribution >= 4 is 24.0 Å². The number of rotatable bonds is 17. The molecular weight excluding hydrogens is 497 g/mol. The molecule has 0 aromatic heterocycles. The van der Waals surface area contributed by atoms with Gasteiger partial charge in [-0.05, 0) is 52.0 Å². The molecule has 0 aromatic rings. The maximum absolute atomic E-state index is 12.6. The molecule has 3 amide bonds. The third kappa shape index (κ3) is 17.3. The molecule has 9 heteroatoms. The molecule has 0 bridgehead atoms. The molecule has 0 aliphatic carbocycles. The molecule has 0 aliphatic heterocycles. The van der Waals surface area contributed by atoms with Crippen LogP contribution in [0.4, 0.5) is 0 Å². The van der Waals surface area contributed by atoms with Crippen molar-refractivity contribution in [3.05, 3.63) is 0 Å². The minimum absolute atomic E-state index is 0. The second-order valence-corrected chi connectivity index (χ2v) is 9.46. The minimum atomic E-state index is -0.239. The smallest absolute Gasteiger partial charge is 0.220 e. The second-order valence-electron chi connectivity index (χ2n) is 9.46. The van der Waals surface area contributed by atoms with Gasteiger partial charge in [-0.25, -0.2) is 0 Å². The Morgan fingerprint density at radius 2 is 1.06 bits per heavy atom. The Hall–Kier alpha value is -0.856. The summed E-state index contributed by atoms with van der Waals surface area (Å²) in [6.07, 6.45) is 4.87. The van der Waals surface area contributed by atoms with Gasteiger partial charge < -0.3 is 26.1 Å². The van der Waals surface area contributed by atoms with E-state index in [1.54, 1.807) is 13.2 Å². The molecule has 0 saturated heterocycles. The SMILES string of the molecule is CN[C@@H](C)CCC(=O)N[C@H](CCC(=O)N[C@H](CCC(=O)N[C@@H](C)C[C-]=O)C(C)C)C(C)C.[Y].